The molecular formula is C12H16BrNO2S. The fourth-order valence-electron chi connectivity index (χ4n) is 2.09. The molecule has 3 nitrogen and oxygen atoms in total. The Morgan fingerprint density at radius 2 is 2.47 bits per heavy atom. The van der Waals surface area contributed by atoms with Gasteiger partial charge in [-0.1, -0.05) is 22.0 Å². The molecule has 1 aromatic rings. The number of rotatable bonds is 2. The Labute approximate surface area is 114 Å². The van der Waals surface area contributed by atoms with Crippen LogP contribution in [0.3, 0.4) is 0 Å². The van der Waals surface area contributed by atoms with Crippen molar-refractivity contribution >= 4 is 33.2 Å². The molecule has 17 heavy (non-hydrogen) atoms. The molecule has 1 amide bonds. The van der Waals surface area contributed by atoms with Crippen LogP contribution in [0.4, 0.5) is 0 Å². The predicted octanol–water partition coefficient (Wildman–Crippen LogP) is 2.76. The second-order valence-corrected chi connectivity index (χ2v) is 6.41. The predicted molar refractivity (Wildman–Crippen MR) is 73.0 cm³/mol. The number of morpholine rings is 1. The van der Waals surface area contributed by atoms with Crippen LogP contribution >= 0.6 is 27.3 Å². The lowest BCUT2D eigenvalue weighted by atomic mass is 10.1. The lowest BCUT2D eigenvalue weighted by Gasteiger charge is -2.42. The molecule has 0 aromatic carbocycles. The highest BCUT2D eigenvalue weighted by Crippen LogP contribution is 2.24. The number of carbonyl (C=O) groups excluding carboxylic acids is 1. The van der Waals surface area contributed by atoms with Gasteiger partial charge < -0.3 is 9.64 Å². The van der Waals surface area contributed by atoms with Gasteiger partial charge in [0.15, 0.2) is 0 Å². The first-order valence-electron chi connectivity index (χ1n) is 5.58. The van der Waals surface area contributed by atoms with E-state index in [1.165, 1.54) is 11.3 Å². The summed E-state index contributed by atoms with van der Waals surface area (Å²) in [5.41, 5.74) is -0.274. The smallest absolute Gasteiger partial charge is 0.264 e. The summed E-state index contributed by atoms with van der Waals surface area (Å²) in [5.74, 6) is 0.113. The zero-order valence-electron chi connectivity index (χ0n) is 9.98. The first-order valence-corrected chi connectivity index (χ1v) is 7.58. The zero-order valence-corrected chi connectivity index (χ0v) is 12.4. The zero-order chi connectivity index (χ0) is 12.5. The third-order valence-corrected chi connectivity index (χ3v) is 4.25. The molecule has 2 rings (SSSR count). The van der Waals surface area contributed by atoms with Crippen LogP contribution in [-0.4, -0.2) is 40.9 Å². The highest BCUT2D eigenvalue weighted by atomic mass is 79.9. The van der Waals surface area contributed by atoms with Crippen LogP contribution in [-0.2, 0) is 4.74 Å². The number of thiophene rings is 1. The van der Waals surface area contributed by atoms with Crippen molar-refractivity contribution < 1.29 is 9.53 Å². The summed E-state index contributed by atoms with van der Waals surface area (Å²) in [6.07, 6.45) is 0.0719. The van der Waals surface area contributed by atoms with Gasteiger partial charge in [0.25, 0.3) is 5.91 Å². The van der Waals surface area contributed by atoms with E-state index in [2.05, 4.69) is 15.9 Å². The largest absolute Gasteiger partial charge is 0.368 e. The van der Waals surface area contributed by atoms with Crippen LogP contribution in [0.5, 0.6) is 0 Å². The maximum Gasteiger partial charge on any atom is 0.264 e. The standard InChI is InChI=1S/C12H16BrNO2S/c1-12(2)8-14(7-9(6-13)16-12)11(15)10-4-3-5-17-10/h3-5,9H,6-8H2,1-2H3. The first kappa shape index (κ1) is 13.1. The molecule has 0 spiro atoms. The molecule has 1 unspecified atom stereocenters. The number of nitrogens with zero attached hydrogens (tertiary/aromatic N) is 1. The molecule has 1 aromatic heterocycles. The van der Waals surface area contributed by atoms with Gasteiger partial charge in [-0.2, -0.15) is 0 Å². The molecule has 0 aliphatic carbocycles. The van der Waals surface area contributed by atoms with Gasteiger partial charge in [-0.3, -0.25) is 4.79 Å². The third-order valence-electron chi connectivity index (χ3n) is 2.67. The van der Waals surface area contributed by atoms with Crippen molar-refractivity contribution in [1.82, 2.24) is 4.90 Å². The summed E-state index contributed by atoms with van der Waals surface area (Å²) in [5, 5.41) is 2.69. The minimum absolute atomic E-state index is 0.0719. The van der Waals surface area contributed by atoms with Gasteiger partial charge >= 0.3 is 0 Å². The molecule has 1 saturated heterocycles. The van der Waals surface area contributed by atoms with Crippen LogP contribution < -0.4 is 0 Å². The van der Waals surface area contributed by atoms with E-state index in [4.69, 9.17) is 4.74 Å². The summed E-state index contributed by atoms with van der Waals surface area (Å²) in [6, 6.07) is 3.78. The van der Waals surface area contributed by atoms with Crippen molar-refractivity contribution in [2.75, 3.05) is 18.4 Å². The molecule has 2 heterocycles. The van der Waals surface area contributed by atoms with Crippen molar-refractivity contribution in [2.24, 2.45) is 0 Å². The summed E-state index contributed by atoms with van der Waals surface area (Å²) in [4.78, 5) is 15.0. The molecule has 1 aliphatic heterocycles. The van der Waals surface area contributed by atoms with Gasteiger partial charge in [0.2, 0.25) is 0 Å². The summed E-state index contributed by atoms with van der Waals surface area (Å²) >= 11 is 4.92. The molecule has 94 valence electrons. The average Bonchev–Trinajstić information content (AvgIpc) is 2.79. The first-order chi connectivity index (χ1) is 8.02. The number of ether oxygens (including phenoxy) is 1. The van der Waals surface area contributed by atoms with Crippen molar-refractivity contribution in [1.29, 1.82) is 0 Å². The van der Waals surface area contributed by atoms with Gasteiger partial charge in [0, 0.05) is 18.4 Å². The number of halogens is 1. The van der Waals surface area contributed by atoms with Gasteiger partial charge in [-0.05, 0) is 25.3 Å². The van der Waals surface area contributed by atoms with Crippen LogP contribution in [0.2, 0.25) is 0 Å². The number of amides is 1. The van der Waals surface area contributed by atoms with Crippen molar-refractivity contribution in [3.8, 4) is 0 Å². The van der Waals surface area contributed by atoms with E-state index in [9.17, 15) is 4.79 Å². The second-order valence-electron chi connectivity index (χ2n) is 4.82. The van der Waals surface area contributed by atoms with E-state index in [0.717, 1.165) is 10.2 Å². The fraction of sp³-hybridized carbons (Fsp3) is 0.583. The van der Waals surface area contributed by atoms with Crippen molar-refractivity contribution in [3.63, 3.8) is 0 Å². The Morgan fingerprint density at radius 1 is 1.71 bits per heavy atom. The molecule has 0 bridgehead atoms. The van der Waals surface area contributed by atoms with E-state index >= 15 is 0 Å². The topological polar surface area (TPSA) is 29.5 Å². The Bertz CT molecular complexity index is 391. The Kier molecular flexibility index (Phi) is 3.90. The Morgan fingerprint density at radius 3 is 3.06 bits per heavy atom. The van der Waals surface area contributed by atoms with E-state index in [1.54, 1.807) is 0 Å². The fourth-order valence-corrected chi connectivity index (χ4v) is 3.11. The summed E-state index contributed by atoms with van der Waals surface area (Å²) < 4.78 is 5.88. The third kappa shape index (κ3) is 3.09. The Balaban J connectivity index is 2.12. The molecule has 1 fully saturated rings. The molecule has 0 saturated carbocycles. The monoisotopic (exact) mass is 317 g/mol. The van der Waals surface area contributed by atoms with E-state index < -0.39 is 0 Å². The summed E-state index contributed by atoms with van der Waals surface area (Å²) in [7, 11) is 0. The quantitative estimate of drug-likeness (QED) is 0.785. The van der Waals surface area contributed by atoms with Gasteiger partial charge in [0.1, 0.15) is 0 Å². The lowest BCUT2D eigenvalue weighted by molar-refractivity contribution is -0.116. The number of carbonyl (C=O) groups is 1. The molecule has 1 aliphatic rings. The van der Waals surface area contributed by atoms with Crippen molar-refractivity contribution in [2.45, 2.75) is 25.6 Å². The maximum atomic E-state index is 12.3. The molecule has 5 heteroatoms. The number of alkyl halides is 1. The van der Waals surface area contributed by atoms with Crippen LogP contribution in [0.25, 0.3) is 0 Å². The highest BCUT2D eigenvalue weighted by Gasteiger charge is 2.35. The van der Waals surface area contributed by atoms with Crippen molar-refractivity contribution in [3.05, 3.63) is 22.4 Å². The van der Waals surface area contributed by atoms with E-state index in [-0.39, 0.29) is 17.6 Å². The maximum absolute atomic E-state index is 12.3. The number of hydrogen-bond acceptors (Lipinski definition) is 3. The van der Waals surface area contributed by atoms with Crippen LogP contribution in [0, 0.1) is 0 Å². The minimum atomic E-state index is -0.274. The molecule has 0 N–H and O–H groups in total. The van der Waals surface area contributed by atoms with E-state index in [1.807, 2.05) is 36.3 Å². The Hall–Kier alpha value is -0.390. The highest BCUT2D eigenvalue weighted by molar-refractivity contribution is 9.09. The van der Waals surface area contributed by atoms with Gasteiger partial charge in [-0.25, -0.2) is 0 Å². The second kappa shape index (κ2) is 5.08. The SMILES string of the molecule is CC1(C)CN(C(=O)c2cccs2)CC(CBr)O1. The van der Waals surface area contributed by atoms with Crippen LogP contribution in [0.15, 0.2) is 17.5 Å². The summed E-state index contributed by atoms with van der Waals surface area (Å²) in [6.45, 7) is 5.35. The average molecular weight is 318 g/mol. The molecular weight excluding hydrogens is 302 g/mol. The molecule has 0 radical (unpaired) electrons. The minimum Gasteiger partial charge on any atom is -0.368 e. The number of hydrogen-bond donors (Lipinski definition) is 0. The molecule has 1 atom stereocenters. The van der Waals surface area contributed by atoms with E-state index in [0.29, 0.717) is 13.1 Å². The van der Waals surface area contributed by atoms with Gasteiger partial charge in [-0.15, -0.1) is 11.3 Å². The van der Waals surface area contributed by atoms with Crippen LogP contribution in [0.1, 0.15) is 23.5 Å². The van der Waals surface area contributed by atoms with Gasteiger partial charge in [0.05, 0.1) is 16.6 Å². The lowest BCUT2D eigenvalue weighted by Crippen LogP contribution is -2.55. The normalized spacial score (nSPS) is 23.7.